The average molecular weight is 516 g/mol. The number of hydrogen-bond acceptors (Lipinski definition) is 7. The Labute approximate surface area is 212 Å². The minimum absolute atomic E-state index is 0.0816. The van der Waals surface area contributed by atoms with Gasteiger partial charge in [-0.1, -0.05) is 0 Å². The lowest BCUT2D eigenvalue weighted by atomic mass is 10.1. The molecule has 12 heteroatoms. The van der Waals surface area contributed by atoms with Gasteiger partial charge in [-0.05, 0) is 17.7 Å². The standard InChI is InChI=1S/C26H19F3N8O/c27-21-20-18(10-32-22(21)16-5-14(6-30-7-16)11-37-3-2-26(28,29)13-37)35-36-24(20)25-33-19-9-31-8-17(23(19)34-25)15-1-4-38-12-15/h1,4-10,12H,2-3,11,13H2,(H,33,34)(H,35,36). The van der Waals surface area contributed by atoms with Crippen LogP contribution in [0.15, 0.2) is 60.1 Å². The van der Waals surface area contributed by atoms with E-state index in [0.29, 0.717) is 52.3 Å². The Morgan fingerprint density at radius 3 is 2.74 bits per heavy atom. The molecular weight excluding hydrogens is 497 g/mol. The molecule has 0 amide bonds. The van der Waals surface area contributed by atoms with Crippen LogP contribution in [0.1, 0.15) is 12.0 Å². The predicted octanol–water partition coefficient (Wildman–Crippen LogP) is 5.20. The van der Waals surface area contributed by atoms with Crippen molar-refractivity contribution < 1.29 is 17.6 Å². The number of hydrogen-bond donors (Lipinski definition) is 2. The first kappa shape index (κ1) is 22.6. The molecule has 7 rings (SSSR count). The zero-order chi connectivity index (χ0) is 25.9. The highest BCUT2D eigenvalue weighted by molar-refractivity contribution is 5.97. The van der Waals surface area contributed by atoms with Crippen LogP contribution >= 0.6 is 0 Å². The monoisotopic (exact) mass is 516 g/mol. The largest absolute Gasteiger partial charge is 0.472 e. The summed E-state index contributed by atoms with van der Waals surface area (Å²) in [6, 6.07) is 3.54. The van der Waals surface area contributed by atoms with Crippen LogP contribution < -0.4 is 0 Å². The van der Waals surface area contributed by atoms with Crippen LogP contribution in [0.3, 0.4) is 0 Å². The molecule has 0 bridgehead atoms. The third kappa shape index (κ3) is 3.80. The van der Waals surface area contributed by atoms with Crippen molar-refractivity contribution in [2.45, 2.75) is 18.9 Å². The second-order valence-corrected chi connectivity index (χ2v) is 9.36. The van der Waals surface area contributed by atoms with Crippen molar-refractivity contribution in [1.29, 1.82) is 0 Å². The van der Waals surface area contributed by atoms with Crippen molar-refractivity contribution in [2.75, 3.05) is 13.1 Å². The number of nitrogens with one attached hydrogen (secondary N) is 2. The fourth-order valence-electron chi connectivity index (χ4n) is 4.93. The Kier molecular flexibility index (Phi) is 5.05. The first-order valence-corrected chi connectivity index (χ1v) is 11.9. The summed E-state index contributed by atoms with van der Waals surface area (Å²) >= 11 is 0. The molecule has 38 heavy (non-hydrogen) atoms. The van der Waals surface area contributed by atoms with Gasteiger partial charge in [-0.2, -0.15) is 5.10 Å². The molecule has 7 heterocycles. The fraction of sp³-hybridized carbons (Fsp3) is 0.192. The summed E-state index contributed by atoms with van der Waals surface area (Å²) in [5.41, 5.74) is 4.80. The maximum absolute atomic E-state index is 16.0. The van der Waals surface area contributed by atoms with Crippen molar-refractivity contribution in [1.82, 2.24) is 40.0 Å². The van der Waals surface area contributed by atoms with Crippen LogP contribution in [-0.4, -0.2) is 59.0 Å². The number of imidazole rings is 1. The maximum Gasteiger partial charge on any atom is 0.261 e. The smallest absolute Gasteiger partial charge is 0.261 e. The van der Waals surface area contributed by atoms with E-state index in [1.165, 1.54) is 12.4 Å². The van der Waals surface area contributed by atoms with Crippen molar-refractivity contribution in [3.8, 4) is 33.9 Å². The molecule has 2 N–H and O–H groups in total. The lowest BCUT2D eigenvalue weighted by Crippen LogP contribution is -2.24. The lowest BCUT2D eigenvalue weighted by molar-refractivity contribution is 0.0115. The number of fused-ring (bicyclic) bond motifs is 2. The molecule has 190 valence electrons. The zero-order valence-corrected chi connectivity index (χ0v) is 19.8. The van der Waals surface area contributed by atoms with Crippen LogP contribution in [0.4, 0.5) is 13.2 Å². The Hall–Kier alpha value is -4.58. The summed E-state index contributed by atoms with van der Waals surface area (Å²) in [4.78, 5) is 22.3. The van der Waals surface area contributed by atoms with E-state index in [1.807, 2.05) is 6.07 Å². The van der Waals surface area contributed by atoms with Gasteiger partial charge in [0, 0.05) is 54.8 Å². The van der Waals surface area contributed by atoms with Crippen LogP contribution in [0.2, 0.25) is 0 Å². The van der Waals surface area contributed by atoms with Crippen molar-refractivity contribution >= 4 is 21.9 Å². The highest BCUT2D eigenvalue weighted by atomic mass is 19.3. The number of aromatic nitrogens is 7. The summed E-state index contributed by atoms with van der Waals surface area (Å²) in [5, 5.41) is 7.36. The first-order valence-electron chi connectivity index (χ1n) is 11.9. The van der Waals surface area contributed by atoms with Crippen LogP contribution in [0.25, 0.3) is 55.8 Å². The van der Waals surface area contributed by atoms with Gasteiger partial charge in [-0.3, -0.25) is 25.0 Å². The SMILES string of the molecule is Fc1c(-c2cncc(CN3CCC(F)(F)C3)c2)ncc2[nH]nc(-c3nc4c(-c5ccoc5)cncc4[nH]3)c12. The average Bonchev–Trinajstić information content (AvgIpc) is 3.70. The molecule has 1 fully saturated rings. The minimum Gasteiger partial charge on any atom is -0.472 e. The van der Waals surface area contributed by atoms with Gasteiger partial charge in [0.2, 0.25) is 0 Å². The summed E-state index contributed by atoms with van der Waals surface area (Å²) in [6.07, 6.45) is 10.9. The van der Waals surface area contributed by atoms with Gasteiger partial charge in [0.05, 0.1) is 47.9 Å². The van der Waals surface area contributed by atoms with Gasteiger partial charge < -0.3 is 9.40 Å². The van der Waals surface area contributed by atoms with E-state index in [9.17, 15) is 8.78 Å². The Balaban J connectivity index is 1.28. The van der Waals surface area contributed by atoms with Gasteiger partial charge in [0.15, 0.2) is 11.6 Å². The predicted molar refractivity (Wildman–Crippen MR) is 133 cm³/mol. The van der Waals surface area contributed by atoms with E-state index in [1.54, 1.807) is 42.1 Å². The highest BCUT2D eigenvalue weighted by Gasteiger charge is 2.38. The van der Waals surface area contributed by atoms with Crippen molar-refractivity contribution in [2.24, 2.45) is 0 Å². The van der Waals surface area contributed by atoms with Crippen LogP contribution in [0.5, 0.6) is 0 Å². The molecule has 1 aliphatic heterocycles. The molecule has 0 unspecified atom stereocenters. The van der Waals surface area contributed by atoms with E-state index in [2.05, 4.69) is 30.1 Å². The first-order chi connectivity index (χ1) is 18.4. The second-order valence-electron chi connectivity index (χ2n) is 9.36. The van der Waals surface area contributed by atoms with Crippen LogP contribution in [-0.2, 0) is 6.54 Å². The van der Waals surface area contributed by atoms with E-state index >= 15 is 4.39 Å². The number of alkyl halides is 2. The van der Waals surface area contributed by atoms with Gasteiger partial charge in [0.1, 0.15) is 16.9 Å². The van der Waals surface area contributed by atoms with Crippen LogP contribution in [0, 0.1) is 5.82 Å². The van der Waals surface area contributed by atoms with Crippen molar-refractivity contribution in [3.05, 3.63) is 67.0 Å². The third-order valence-electron chi connectivity index (χ3n) is 6.72. The molecule has 1 saturated heterocycles. The third-order valence-corrected chi connectivity index (χ3v) is 6.72. The van der Waals surface area contributed by atoms with Gasteiger partial charge in [-0.25, -0.2) is 18.2 Å². The molecule has 0 spiro atoms. The highest BCUT2D eigenvalue weighted by Crippen LogP contribution is 2.34. The van der Waals surface area contributed by atoms with Gasteiger partial charge in [-0.15, -0.1) is 0 Å². The second kappa shape index (κ2) is 8.48. The summed E-state index contributed by atoms with van der Waals surface area (Å²) in [7, 11) is 0. The van der Waals surface area contributed by atoms with Gasteiger partial charge in [0.25, 0.3) is 5.92 Å². The van der Waals surface area contributed by atoms with E-state index < -0.39 is 11.7 Å². The number of nitrogens with zero attached hydrogens (tertiary/aromatic N) is 6. The Morgan fingerprint density at radius 1 is 1.03 bits per heavy atom. The Bertz CT molecular complexity index is 1790. The summed E-state index contributed by atoms with van der Waals surface area (Å²) in [6.45, 7) is 0.288. The summed E-state index contributed by atoms with van der Waals surface area (Å²) < 4.78 is 48.4. The van der Waals surface area contributed by atoms with Crippen molar-refractivity contribution in [3.63, 3.8) is 0 Å². The number of likely N-dealkylation sites (tertiary alicyclic amines) is 1. The number of furan rings is 1. The van der Waals surface area contributed by atoms with E-state index in [4.69, 9.17) is 9.40 Å². The molecule has 0 aliphatic carbocycles. The lowest BCUT2D eigenvalue weighted by Gasteiger charge is -2.15. The van der Waals surface area contributed by atoms with E-state index in [-0.39, 0.29) is 24.0 Å². The molecule has 0 saturated carbocycles. The number of pyridine rings is 3. The molecule has 0 atom stereocenters. The normalized spacial score (nSPS) is 15.7. The van der Waals surface area contributed by atoms with E-state index in [0.717, 1.165) is 11.1 Å². The zero-order valence-electron chi connectivity index (χ0n) is 19.8. The molecule has 6 aromatic rings. The minimum atomic E-state index is -2.69. The maximum atomic E-state index is 16.0. The number of rotatable bonds is 5. The number of aromatic amines is 2. The van der Waals surface area contributed by atoms with Gasteiger partial charge >= 0.3 is 0 Å². The molecule has 6 aromatic heterocycles. The molecule has 1 aliphatic rings. The molecule has 0 radical (unpaired) electrons. The quantitative estimate of drug-likeness (QED) is 0.324. The molecular formula is C26H19F3N8O. The Morgan fingerprint density at radius 2 is 1.92 bits per heavy atom. The molecule has 9 nitrogen and oxygen atoms in total. The fourth-order valence-corrected chi connectivity index (χ4v) is 4.93. The molecule has 0 aromatic carbocycles. The number of H-pyrrole nitrogens is 2. The topological polar surface area (TPSA) is 112 Å². The summed E-state index contributed by atoms with van der Waals surface area (Å²) in [5.74, 6) is -2.92. The number of halogens is 3.